The Morgan fingerprint density at radius 2 is 0.615 bits per heavy atom. The predicted molar refractivity (Wildman–Crippen MR) is 500 cm³/mol. The highest BCUT2D eigenvalue weighted by Gasteiger charge is 2.63. The van der Waals surface area contributed by atoms with Gasteiger partial charge in [0.15, 0.2) is 17.5 Å². The predicted octanol–water partition coefficient (Wildman–Crippen LogP) is 28.6. The number of rotatable bonds is 8. The van der Waals surface area contributed by atoms with Crippen molar-refractivity contribution in [3.05, 3.63) is 368 Å². The van der Waals surface area contributed by atoms with Gasteiger partial charge >= 0.3 is 0 Å². The summed E-state index contributed by atoms with van der Waals surface area (Å²) >= 11 is 0. The van der Waals surface area contributed by atoms with Gasteiger partial charge in [-0.25, -0.2) is 24.9 Å². The van der Waals surface area contributed by atoms with Crippen LogP contribution < -0.4 is 0 Å². The summed E-state index contributed by atoms with van der Waals surface area (Å²) < 4.78 is 4.78. The molecule has 0 aliphatic heterocycles. The van der Waals surface area contributed by atoms with Crippen LogP contribution in [0.15, 0.2) is 346 Å². The second kappa shape index (κ2) is 26.4. The van der Waals surface area contributed by atoms with E-state index in [2.05, 4.69) is 319 Å². The Morgan fingerprint density at radius 3 is 1.12 bits per heavy atom. The van der Waals surface area contributed by atoms with Crippen molar-refractivity contribution >= 4 is 86.8 Å². The first-order chi connectivity index (χ1) is 60.4. The highest BCUT2D eigenvalue weighted by atomic mass is 15.2. The van der Waals surface area contributed by atoms with Crippen LogP contribution in [0.25, 0.3) is 188 Å². The van der Waals surface area contributed by atoms with Gasteiger partial charge < -0.3 is 4.57 Å². The van der Waals surface area contributed by atoms with E-state index in [0.717, 1.165) is 108 Å². The van der Waals surface area contributed by atoms with E-state index in [4.69, 9.17) is 24.9 Å². The number of hydrogen-bond donors (Lipinski definition) is 0. The molecule has 8 bridgehead atoms. The third kappa shape index (κ3) is 10.0. The summed E-state index contributed by atoms with van der Waals surface area (Å²) in [4.78, 5) is 26.2. The molecule has 4 heterocycles. The quantitative estimate of drug-likeness (QED) is 0.142. The summed E-state index contributed by atoms with van der Waals surface area (Å²) in [6.45, 7) is 0. The summed E-state index contributed by atoms with van der Waals surface area (Å²) in [5.41, 5.74) is 29.3. The minimum absolute atomic E-state index is 0.179. The molecule has 7 heteroatoms. The molecule has 30 rings (SSSR count). The summed E-state index contributed by atoms with van der Waals surface area (Å²) in [6, 6.07) is 128. The largest absolute Gasteiger partial charge is 0.309 e. The van der Waals surface area contributed by atoms with Crippen LogP contribution in [0, 0.1) is 47.3 Å². The van der Waals surface area contributed by atoms with Gasteiger partial charge in [-0.15, -0.1) is 0 Å². The van der Waals surface area contributed by atoms with Crippen LogP contribution in [0.3, 0.4) is 0 Å². The van der Waals surface area contributed by atoms with Crippen LogP contribution in [0.5, 0.6) is 0 Å². The van der Waals surface area contributed by atoms with Crippen LogP contribution in [-0.4, -0.2) is 34.1 Å². The Bertz CT molecular complexity index is 7690. The molecule has 0 unspecified atom stereocenters. The first-order valence-electron chi connectivity index (χ1n) is 44.5. The van der Waals surface area contributed by atoms with Crippen LogP contribution in [0.2, 0.25) is 0 Å². The molecule has 10 aliphatic rings. The second-order valence-corrected chi connectivity index (χ2v) is 37.0. The molecular weight excluding hydrogens is 1480 g/mol. The van der Waals surface area contributed by atoms with E-state index in [9.17, 15) is 0 Å². The third-order valence-corrected chi connectivity index (χ3v) is 31.0. The lowest BCUT2D eigenvalue weighted by Crippen LogP contribution is -2.55. The lowest BCUT2D eigenvalue weighted by molar-refractivity contribution is -0.0399. The number of fused-ring (bicyclic) bond motifs is 19. The van der Waals surface area contributed by atoms with Crippen molar-refractivity contribution in [1.29, 1.82) is 0 Å². The minimum atomic E-state index is 0.179. The van der Waals surface area contributed by atoms with E-state index in [0.29, 0.717) is 23.4 Å². The monoisotopic (exact) mass is 1560 g/mol. The summed E-state index contributed by atoms with van der Waals surface area (Å²) in [5.74, 6) is 9.45. The number of hydrogen-bond acceptors (Lipinski definition) is 5. The van der Waals surface area contributed by atoms with E-state index in [1.165, 1.54) is 168 Å². The van der Waals surface area contributed by atoms with E-state index in [1.54, 1.807) is 22.3 Å². The second-order valence-electron chi connectivity index (χ2n) is 37.0. The van der Waals surface area contributed by atoms with Crippen molar-refractivity contribution < 1.29 is 0 Å². The molecular formula is C115H85N7. The molecule has 2 spiro atoms. The number of nitrogens with zero attached hydrogens (tertiary/aromatic N) is 7. The maximum Gasteiger partial charge on any atom is 0.235 e. The fourth-order valence-corrected chi connectivity index (χ4v) is 26.6. The maximum atomic E-state index is 5.50. The summed E-state index contributed by atoms with van der Waals surface area (Å²) in [5, 5.41) is 13.1. The Morgan fingerprint density at radius 1 is 0.230 bits per heavy atom. The molecule has 10 aliphatic carbocycles. The van der Waals surface area contributed by atoms with Gasteiger partial charge in [-0.05, 0) is 249 Å². The van der Waals surface area contributed by atoms with E-state index >= 15 is 0 Å². The van der Waals surface area contributed by atoms with Gasteiger partial charge in [0.2, 0.25) is 5.95 Å². The fraction of sp³-hybridized carbons (Fsp3) is 0.174. The van der Waals surface area contributed by atoms with Crippen molar-refractivity contribution in [2.24, 2.45) is 47.3 Å². The van der Waals surface area contributed by atoms with Crippen molar-refractivity contribution in [2.75, 3.05) is 0 Å². The zero-order valence-corrected chi connectivity index (χ0v) is 67.7. The molecule has 0 amide bonds. The minimum Gasteiger partial charge on any atom is -0.309 e. The molecule has 0 saturated heterocycles. The molecule has 0 N–H and O–H groups in total. The maximum absolute atomic E-state index is 5.50. The Kier molecular flexibility index (Phi) is 14.9. The van der Waals surface area contributed by atoms with Gasteiger partial charge in [0.1, 0.15) is 0 Å². The molecule has 0 radical (unpaired) electrons. The first-order valence-corrected chi connectivity index (χ1v) is 44.5. The molecule has 16 aromatic carbocycles. The average molecular weight is 1560 g/mol. The van der Waals surface area contributed by atoms with E-state index in [1.807, 2.05) is 36.4 Å². The van der Waals surface area contributed by atoms with Gasteiger partial charge in [0.05, 0.1) is 33.3 Å². The van der Waals surface area contributed by atoms with Gasteiger partial charge in [0, 0.05) is 81.9 Å². The molecule has 7 nitrogen and oxygen atoms in total. The molecule has 20 aromatic rings. The Hall–Kier alpha value is -13.8. The van der Waals surface area contributed by atoms with Crippen LogP contribution in [0.4, 0.5) is 0 Å². The zero-order chi connectivity index (χ0) is 79.6. The normalized spacial score (nSPS) is 22.2. The van der Waals surface area contributed by atoms with Crippen LogP contribution in [0.1, 0.15) is 86.5 Å². The fourth-order valence-electron chi connectivity index (χ4n) is 26.6. The van der Waals surface area contributed by atoms with Gasteiger partial charge in [0.25, 0.3) is 0 Å². The van der Waals surface area contributed by atoms with Gasteiger partial charge in [-0.2, -0.15) is 0 Å². The van der Waals surface area contributed by atoms with Gasteiger partial charge in [-0.1, -0.05) is 291 Å². The lowest BCUT2D eigenvalue weighted by Gasteiger charge is -2.61. The van der Waals surface area contributed by atoms with Crippen LogP contribution in [-0.2, 0) is 10.8 Å². The van der Waals surface area contributed by atoms with Crippen LogP contribution >= 0.6 is 0 Å². The Balaban J connectivity index is 0.000000128. The number of benzene rings is 16. The topological polar surface area (TPSA) is 74.3 Å². The third-order valence-electron chi connectivity index (χ3n) is 31.0. The smallest absolute Gasteiger partial charge is 0.235 e. The molecule has 0 atom stereocenters. The SMILES string of the molecule is c1ccc(-c2nc(-c3ccccc3)nc(-c3cccc(-n4c5ccc(-c6ccc7c(c6)-c6ccccc6C76C7CC8CC(C7)CC6C8)cc5c5ccc6ccccc6c54)c3)n2)cc1.c1ccc(-c2nc(-n3c4ccc(-c5ccc6c(c5)-c5ccccc5C65C6CC7CC(C6)CC5C7)cc4c4ccc5ccccc5c43)nc3c2ccc2ccccc23)cc1. The summed E-state index contributed by atoms with van der Waals surface area (Å²) in [6.07, 6.45) is 14.2. The zero-order valence-electron chi connectivity index (χ0n) is 67.7. The molecule has 122 heavy (non-hydrogen) atoms. The highest BCUT2D eigenvalue weighted by Crippen LogP contribution is 2.71. The van der Waals surface area contributed by atoms with E-state index < -0.39 is 0 Å². The first kappa shape index (κ1) is 69.1. The Labute approximate surface area is 708 Å². The van der Waals surface area contributed by atoms with Crippen molar-refractivity contribution in [3.8, 4) is 102 Å². The van der Waals surface area contributed by atoms with E-state index in [-0.39, 0.29) is 10.8 Å². The average Bonchev–Trinajstić information content (AvgIpc) is 1.49. The lowest BCUT2D eigenvalue weighted by atomic mass is 9.43. The standard InChI is InChI=1S/C59H44N4.C56H41N3/c1-3-13-39(14-4-1)56-60-57(40-15-5-2-6-16-40)62-58(61-56)43-17-11-18-46(33-43)63-54-27-24-42(35-51(54)49-25-22-38-12-7-8-19-47(38)55(49)63)41-23-26-53-50(34-41)48-20-9-10-21-52(48)59(53)44-29-36-28-37(31-44)32-45(59)30-36;1-2-12-37(13-3-1)52-46-23-19-35-10-4-6-14-42(35)53(46)58-55(57-52)59-51-25-21-39(32-48(51)45-22-18-36-11-5-7-15-43(36)54(45)59)38-20-24-50-47(31-38)44-16-8-9-17-49(44)56(50)40-27-33-26-34(29-40)30-41(56)28-33/h1-27,33-37,44-45H,28-32H2;1-25,31-34,40-41H,26-30H2. The molecule has 4 aromatic heterocycles. The highest BCUT2D eigenvalue weighted by molar-refractivity contribution is 6.21. The molecule has 580 valence electrons. The van der Waals surface area contributed by atoms with Crippen molar-refractivity contribution in [3.63, 3.8) is 0 Å². The van der Waals surface area contributed by atoms with Crippen molar-refractivity contribution in [1.82, 2.24) is 34.1 Å². The molecule has 8 saturated carbocycles. The number of aromatic nitrogens is 7. The summed E-state index contributed by atoms with van der Waals surface area (Å²) in [7, 11) is 0. The van der Waals surface area contributed by atoms with Crippen molar-refractivity contribution in [2.45, 2.75) is 75.0 Å². The van der Waals surface area contributed by atoms with Gasteiger partial charge in [-0.3, -0.25) is 4.57 Å². The molecule has 8 fully saturated rings.